The zero-order chi connectivity index (χ0) is 14.6. The van der Waals surface area contributed by atoms with Gasteiger partial charge in [0.25, 0.3) is 0 Å². The molecule has 0 spiro atoms. The van der Waals surface area contributed by atoms with E-state index in [4.69, 9.17) is 33.0 Å². The van der Waals surface area contributed by atoms with Gasteiger partial charge in [-0.1, -0.05) is 37.0 Å². The predicted molar refractivity (Wildman–Crippen MR) is 76.1 cm³/mol. The lowest BCUT2D eigenvalue weighted by atomic mass is 10.0. The van der Waals surface area contributed by atoms with E-state index in [0.717, 1.165) is 5.56 Å². The van der Waals surface area contributed by atoms with E-state index in [1.807, 2.05) is 13.8 Å². The third-order valence-electron chi connectivity index (χ3n) is 2.73. The highest BCUT2D eigenvalue weighted by Crippen LogP contribution is 2.32. The van der Waals surface area contributed by atoms with E-state index in [-0.39, 0.29) is 5.92 Å². The van der Waals surface area contributed by atoms with Gasteiger partial charge in [-0.25, -0.2) is 0 Å². The molecule has 0 heterocycles. The van der Waals surface area contributed by atoms with Crippen molar-refractivity contribution in [2.75, 3.05) is 7.11 Å². The number of methoxy groups -OCH3 is 1. The number of halogens is 2. The summed E-state index contributed by atoms with van der Waals surface area (Å²) in [4.78, 5) is 11.1. The van der Waals surface area contributed by atoms with Crippen molar-refractivity contribution in [1.82, 2.24) is 5.32 Å². The summed E-state index contributed by atoms with van der Waals surface area (Å²) >= 11 is 12.0. The number of hydrogen-bond acceptors (Lipinski definition) is 3. The number of carboxylic acid groups (broad SMARTS) is 1. The van der Waals surface area contributed by atoms with Crippen LogP contribution in [0.4, 0.5) is 0 Å². The van der Waals surface area contributed by atoms with E-state index in [1.54, 1.807) is 12.1 Å². The lowest BCUT2D eigenvalue weighted by Gasteiger charge is -2.19. The Balaban J connectivity index is 2.90. The Morgan fingerprint density at radius 1 is 1.42 bits per heavy atom. The van der Waals surface area contributed by atoms with Gasteiger partial charge in [-0.05, 0) is 18.1 Å². The minimum Gasteiger partial charge on any atom is -0.495 e. The lowest BCUT2D eigenvalue weighted by Crippen LogP contribution is -2.40. The molecule has 6 heteroatoms. The first-order valence-electron chi connectivity index (χ1n) is 5.85. The highest BCUT2D eigenvalue weighted by Gasteiger charge is 2.21. The molecule has 0 fully saturated rings. The third-order valence-corrected chi connectivity index (χ3v) is 3.23. The molecule has 0 aliphatic rings. The van der Waals surface area contributed by atoms with Crippen LogP contribution in [0.5, 0.6) is 5.75 Å². The summed E-state index contributed by atoms with van der Waals surface area (Å²) in [5.41, 5.74) is 0.729. The molecule has 0 radical (unpaired) electrons. The molecule has 0 aliphatic carbocycles. The first kappa shape index (κ1) is 16.1. The van der Waals surface area contributed by atoms with Crippen molar-refractivity contribution in [2.24, 2.45) is 5.92 Å². The van der Waals surface area contributed by atoms with Crippen molar-refractivity contribution in [3.05, 3.63) is 27.7 Å². The summed E-state index contributed by atoms with van der Waals surface area (Å²) in [5.74, 6) is -0.410. The molecule has 1 aromatic carbocycles. The molecular weight excluding hydrogens is 289 g/mol. The average molecular weight is 306 g/mol. The van der Waals surface area contributed by atoms with Gasteiger partial charge < -0.3 is 9.84 Å². The molecule has 0 aliphatic heterocycles. The predicted octanol–water partition coefficient (Wildman–Crippen LogP) is 3.20. The van der Waals surface area contributed by atoms with Gasteiger partial charge in [0, 0.05) is 17.1 Å². The average Bonchev–Trinajstić information content (AvgIpc) is 2.27. The van der Waals surface area contributed by atoms with Gasteiger partial charge in [0.2, 0.25) is 0 Å². The molecule has 1 aromatic rings. The van der Waals surface area contributed by atoms with Crippen molar-refractivity contribution in [3.63, 3.8) is 0 Å². The first-order valence-corrected chi connectivity index (χ1v) is 6.60. The Morgan fingerprint density at radius 2 is 2.05 bits per heavy atom. The summed E-state index contributed by atoms with van der Waals surface area (Å²) in [6, 6.07) is 2.66. The molecule has 1 rings (SSSR count). The number of nitrogens with one attached hydrogen (secondary N) is 1. The molecule has 2 N–H and O–H groups in total. The van der Waals surface area contributed by atoms with Gasteiger partial charge in [0.15, 0.2) is 0 Å². The van der Waals surface area contributed by atoms with E-state index in [1.165, 1.54) is 7.11 Å². The summed E-state index contributed by atoms with van der Waals surface area (Å²) in [7, 11) is 1.51. The number of benzene rings is 1. The maximum absolute atomic E-state index is 11.1. The minimum atomic E-state index is -0.887. The second-order valence-electron chi connectivity index (χ2n) is 4.52. The van der Waals surface area contributed by atoms with Crippen molar-refractivity contribution < 1.29 is 14.6 Å². The minimum absolute atomic E-state index is 0.0295. The van der Waals surface area contributed by atoms with Gasteiger partial charge in [0.05, 0.1) is 12.1 Å². The van der Waals surface area contributed by atoms with Crippen LogP contribution >= 0.6 is 23.2 Å². The fourth-order valence-electron chi connectivity index (χ4n) is 1.80. The van der Waals surface area contributed by atoms with Gasteiger partial charge in [-0.2, -0.15) is 0 Å². The quantitative estimate of drug-likeness (QED) is 0.847. The molecule has 19 heavy (non-hydrogen) atoms. The Hall–Kier alpha value is -0.970. The smallest absolute Gasteiger partial charge is 0.320 e. The van der Waals surface area contributed by atoms with Gasteiger partial charge in [-0.3, -0.25) is 10.1 Å². The first-order chi connectivity index (χ1) is 8.86. The number of aliphatic carboxylic acids is 1. The maximum Gasteiger partial charge on any atom is 0.320 e. The van der Waals surface area contributed by atoms with Gasteiger partial charge >= 0.3 is 5.97 Å². The number of ether oxygens (including phenoxy) is 1. The zero-order valence-corrected chi connectivity index (χ0v) is 12.5. The number of carbonyl (C=O) groups is 1. The Bertz CT molecular complexity index is 463. The molecule has 0 saturated carbocycles. The summed E-state index contributed by atoms with van der Waals surface area (Å²) < 4.78 is 5.21. The van der Waals surface area contributed by atoms with E-state index in [9.17, 15) is 4.79 Å². The molecule has 106 valence electrons. The van der Waals surface area contributed by atoms with Crippen LogP contribution in [0.15, 0.2) is 12.1 Å². The molecule has 1 atom stereocenters. The second-order valence-corrected chi connectivity index (χ2v) is 5.36. The Labute approximate surface area is 122 Å². The molecule has 0 amide bonds. The largest absolute Gasteiger partial charge is 0.495 e. The fourth-order valence-corrected chi connectivity index (χ4v) is 2.41. The van der Waals surface area contributed by atoms with E-state index >= 15 is 0 Å². The van der Waals surface area contributed by atoms with Crippen molar-refractivity contribution in [1.29, 1.82) is 0 Å². The van der Waals surface area contributed by atoms with Crippen LogP contribution < -0.4 is 10.1 Å². The van der Waals surface area contributed by atoms with Gasteiger partial charge in [-0.15, -0.1) is 0 Å². The molecule has 4 nitrogen and oxygen atoms in total. The van der Waals surface area contributed by atoms with Crippen molar-refractivity contribution >= 4 is 29.2 Å². The Kier molecular flexibility index (Phi) is 5.91. The lowest BCUT2D eigenvalue weighted by molar-refractivity contribution is -0.140. The zero-order valence-electron chi connectivity index (χ0n) is 11.0. The van der Waals surface area contributed by atoms with Gasteiger partial charge in [0.1, 0.15) is 11.8 Å². The topological polar surface area (TPSA) is 58.6 Å². The highest BCUT2D eigenvalue weighted by molar-refractivity contribution is 6.35. The van der Waals surface area contributed by atoms with Crippen LogP contribution in [0.25, 0.3) is 0 Å². The molecule has 0 saturated heterocycles. The standard InChI is InChI=1S/C13H17Cl2NO3/c1-7(2)11(13(17)18)16-6-8-4-9(14)5-10(15)12(8)19-3/h4-5,7,11,16H,6H2,1-3H3,(H,17,18). The summed E-state index contributed by atoms with van der Waals surface area (Å²) in [6.07, 6.45) is 0. The molecule has 1 unspecified atom stereocenters. The van der Waals surface area contributed by atoms with E-state index in [2.05, 4.69) is 5.32 Å². The number of rotatable bonds is 6. The molecule has 0 bridgehead atoms. The van der Waals surface area contributed by atoms with Crippen molar-refractivity contribution in [2.45, 2.75) is 26.4 Å². The fraction of sp³-hybridized carbons (Fsp3) is 0.462. The van der Waals surface area contributed by atoms with Crippen LogP contribution in [-0.4, -0.2) is 24.2 Å². The van der Waals surface area contributed by atoms with Crippen LogP contribution in [0.3, 0.4) is 0 Å². The van der Waals surface area contributed by atoms with Crippen LogP contribution in [0.2, 0.25) is 10.0 Å². The normalized spacial score (nSPS) is 12.5. The summed E-state index contributed by atoms with van der Waals surface area (Å²) in [6.45, 7) is 4.00. The highest BCUT2D eigenvalue weighted by atomic mass is 35.5. The van der Waals surface area contributed by atoms with E-state index < -0.39 is 12.0 Å². The number of hydrogen-bond donors (Lipinski definition) is 2. The maximum atomic E-state index is 11.1. The number of carboxylic acids is 1. The second kappa shape index (κ2) is 6.98. The molecule has 0 aromatic heterocycles. The summed E-state index contributed by atoms with van der Waals surface area (Å²) in [5, 5.41) is 13.0. The van der Waals surface area contributed by atoms with Crippen molar-refractivity contribution in [3.8, 4) is 5.75 Å². The van der Waals surface area contributed by atoms with E-state index in [0.29, 0.717) is 22.3 Å². The monoisotopic (exact) mass is 305 g/mol. The van der Waals surface area contributed by atoms with Crippen LogP contribution in [0.1, 0.15) is 19.4 Å². The van der Waals surface area contributed by atoms with Crippen LogP contribution in [-0.2, 0) is 11.3 Å². The molecular formula is C13H17Cl2NO3. The SMILES string of the molecule is COc1c(Cl)cc(Cl)cc1CNC(C(=O)O)C(C)C. The Morgan fingerprint density at radius 3 is 2.53 bits per heavy atom. The van der Waals surface area contributed by atoms with Crippen LogP contribution in [0, 0.1) is 5.92 Å². The third kappa shape index (κ3) is 4.27.